The third kappa shape index (κ3) is 5.11. The molecule has 1 amide bonds. The third-order valence-electron chi connectivity index (χ3n) is 2.47. The van der Waals surface area contributed by atoms with Crippen molar-refractivity contribution in [3.8, 4) is 5.75 Å². The molecule has 1 rings (SSSR count). The average Bonchev–Trinajstić information content (AvgIpc) is 2.44. The van der Waals surface area contributed by atoms with Gasteiger partial charge in [-0.05, 0) is 23.8 Å². The summed E-state index contributed by atoms with van der Waals surface area (Å²) < 4.78 is 9.78. The highest BCUT2D eigenvalue weighted by Gasteiger charge is 2.18. The van der Waals surface area contributed by atoms with Gasteiger partial charge >= 0.3 is 5.97 Å². The van der Waals surface area contributed by atoms with E-state index < -0.39 is 17.9 Å². The van der Waals surface area contributed by atoms with E-state index in [0.29, 0.717) is 5.75 Å². The molecule has 0 radical (unpaired) electrons. The predicted octanol–water partition coefficient (Wildman–Crippen LogP) is 0.924. The Kier molecular flexibility index (Phi) is 6.25. The number of aliphatic carboxylic acids is 1. The molecule has 0 heterocycles. The first kappa shape index (κ1) is 15.7. The minimum absolute atomic E-state index is 0.0892. The van der Waals surface area contributed by atoms with Crippen molar-refractivity contribution in [1.29, 1.82) is 0 Å². The smallest absolute Gasteiger partial charge is 0.328 e. The molecular weight excluding hydrogens is 262 g/mol. The van der Waals surface area contributed by atoms with Crippen LogP contribution >= 0.6 is 0 Å². The average molecular weight is 279 g/mol. The molecule has 0 aliphatic carbocycles. The number of hydrogen-bond donors (Lipinski definition) is 2. The molecule has 20 heavy (non-hydrogen) atoms. The fourth-order valence-electron chi connectivity index (χ4n) is 1.48. The van der Waals surface area contributed by atoms with E-state index in [1.165, 1.54) is 13.2 Å². The Morgan fingerprint density at radius 3 is 2.75 bits per heavy atom. The van der Waals surface area contributed by atoms with Crippen molar-refractivity contribution >= 4 is 18.0 Å². The standard InChI is InChI=1S/C14H17NO5/c1-19-9-12(14(17)18)15-13(16)7-6-10-4-3-5-11(8-10)20-2/h3-8,12H,9H2,1-2H3,(H,15,16)(H,17,18)/b7-6+. The molecule has 0 aliphatic heterocycles. The van der Waals surface area contributed by atoms with Crippen molar-refractivity contribution in [2.45, 2.75) is 6.04 Å². The maximum atomic E-state index is 11.6. The second-order valence-electron chi connectivity index (χ2n) is 3.96. The molecule has 0 spiro atoms. The molecule has 1 aromatic carbocycles. The molecule has 2 N–H and O–H groups in total. The summed E-state index contributed by atoms with van der Waals surface area (Å²) in [6, 6.07) is 6.07. The van der Waals surface area contributed by atoms with Crippen molar-refractivity contribution < 1.29 is 24.2 Å². The Morgan fingerprint density at radius 1 is 1.40 bits per heavy atom. The van der Waals surface area contributed by atoms with E-state index in [1.807, 2.05) is 0 Å². The second kappa shape index (κ2) is 7.96. The Morgan fingerprint density at radius 2 is 2.15 bits per heavy atom. The maximum absolute atomic E-state index is 11.6. The van der Waals surface area contributed by atoms with Crippen LogP contribution in [0.1, 0.15) is 5.56 Å². The first-order valence-electron chi connectivity index (χ1n) is 5.91. The highest BCUT2D eigenvalue weighted by molar-refractivity contribution is 5.94. The molecule has 6 heteroatoms. The van der Waals surface area contributed by atoms with Gasteiger partial charge in [0.1, 0.15) is 5.75 Å². The molecule has 1 atom stereocenters. The van der Waals surface area contributed by atoms with Gasteiger partial charge < -0.3 is 19.9 Å². The lowest BCUT2D eigenvalue weighted by Crippen LogP contribution is -2.43. The van der Waals surface area contributed by atoms with Gasteiger partial charge in [-0.1, -0.05) is 12.1 Å². The molecule has 1 aromatic rings. The Bertz CT molecular complexity index is 498. The summed E-state index contributed by atoms with van der Waals surface area (Å²) in [5.41, 5.74) is 0.776. The number of hydrogen-bond acceptors (Lipinski definition) is 4. The number of methoxy groups -OCH3 is 2. The first-order chi connectivity index (χ1) is 9.56. The molecule has 0 aliphatic rings. The summed E-state index contributed by atoms with van der Waals surface area (Å²) in [5, 5.41) is 11.2. The highest BCUT2D eigenvalue weighted by Crippen LogP contribution is 2.13. The monoisotopic (exact) mass is 279 g/mol. The number of carbonyl (C=O) groups is 2. The lowest BCUT2D eigenvalue weighted by molar-refractivity contribution is -0.142. The van der Waals surface area contributed by atoms with Crippen LogP contribution < -0.4 is 10.1 Å². The van der Waals surface area contributed by atoms with Crippen molar-refractivity contribution in [1.82, 2.24) is 5.32 Å². The topological polar surface area (TPSA) is 84.9 Å². The van der Waals surface area contributed by atoms with E-state index in [9.17, 15) is 9.59 Å². The van der Waals surface area contributed by atoms with E-state index in [4.69, 9.17) is 14.6 Å². The summed E-state index contributed by atoms with van der Waals surface area (Å²) in [7, 11) is 2.92. The van der Waals surface area contributed by atoms with E-state index in [-0.39, 0.29) is 6.61 Å². The fraction of sp³-hybridized carbons (Fsp3) is 0.286. The molecule has 108 valence electrons. The van der Waals surface area contributed by atoms with E-state index in [1.54, 1.807) is 37.5 Å². The van der Waals surface area contributed by atoms with Crippen molar-refractivity contribution in [3.05, 3.63) is 35.9 Å². The zero-order valence-corrected chi connectivity index (χ0v) is 11.3. The Labute approximate surface area is 117 Å². The van der Waals surface area contributed by atoms with Gasteiger partial charge in [-0.2, -0.15) is 0 Å². The summed E-state index contributed by atoms with van der Waals surface area (Å²) in [6.45, 7) is -0.0892. The summed E-state index contributed by atoms with van der Waals surface area (Å²) >= 11 is 0. The lowest BCUT2D eigenvalue weighted by atomic mass is 10.2. The number of carboxylic acid groups (broad SMARTS) is 1. The van der Waals surface area contributed by atoms with Crippen LogP contribution in [0.2, 0.25) is 0 Å². The molecule has 0 bridgehead atoms. The first-order valence-corrected chi connectivity index (χ1v) is 5.91. The van der Waals surface area contributed by atoms with Crippen molar-refractivity contribution in [2.24, 2.45) is 0 Å². The largest absolute Gasteiger partial charge is 0.497 e. The van der Waals surface area contributed by atoms with Crippen LogP contribution in [0.3, 0.4) is 0 Å². The van der Waals surface area contributed by atoms with Crippen molar-refractivity contribution in [2.75, 3.05) is 20.8 Å². The van der Waals surface area contributed by atoms with Gasteiger partial charge in [-0.25, -0.2) is 4.79 Å². The van der Waals surface area contributed by atoms with E-state index in [2.05, 4.69) is 5.32 Å². The Hall–Kier alpha value is -2.34. The van der Waals surface area contributed by atoms with Gasteiger partial charge in [0.15, 0.2) is 6.04 Å². The summed E-state index contributed by atoms with van der Waals surface area (Å²) in [4.78, 5) is 22.5. The SMILES string of the molecule is COCC(NC(=O)/C=C/c1cccc(OC)c1)C(=O)O. The maximum Gasteiger partial charge on any atom is 0.328 e. The number of carbonyl (C=O) groups excluding carboxylic acids is 1. The number of amides is 1. The molecule has 6 nitrogen and oxygen atoms in total. The molecule has 1 unspecified atom stereocenters. The van der Waals surface area contributed by atoms with Crippen molar-refractivity contribution in [3.63, 3.8) is 0 Å². The summed E-state index contributed by atoms with van der Waals surface area (Å²) in [6.07, 6.45) is 2.84. The van der Waals surface area contributed by atoms with Gasteiger partial charge in [-0.3, -0.25) is 4.79 Å². The van der Waals surface area contributed by atoms with Crippen LogP contribution in [-0.4, -0.2) is 43.9 Å². The molecular formula is C14H17NO5. The van der Waals surface area contributed by atoms with Crippen LogP contribution in [0.5, 0.6) is 5.75 Å². The Balaban J connectivity index is 2.64. The quantitative estimate of drug-likeness (QED) is 0.725. The van der Waals surface area contributed by atoms with Gasteiger partial charge in [0.05, 0.1) is 13.7 Å². The zero-order chi connectivity index (χ0) is 15.0. The van der Waals surface area contributed by atoms with E-state index >= 15 is 0 Å². The predicted molar refractivity (Wildman–Crippen MR) is 73.5 cm³/mol. The van der Waals surface area contributed by atoms with Gasteiger partial charge in [0.2, 0.25) is 5.91 Å². The molecule has 0 saturated heterocycles. The minimum atomic E-state index is -1.14. The van der Waals surface area contributed by atoms with Gasteiger partial charge in [-0.15, -0.1) is 0 Å². The number of nitrogens with one attached hydrogen (secondary N) is 1. The van der Waals surface area contributed by atoms with Crippen LogP contribution in [0, 0.1) is 0 Å². The lowest BCUT2D eigenvalue weighted by Gasteiger charge is -2.11. The van der Waals surface area contributed by atoms with Crippen LogP contribution in [0.4, 0.5) is 0 Å². The van der Waals surface area contributed by atoms with Crippen LogP contribution in [0.25, 0.3) is 6.08 Å². The highest BCUT2D eigenvalue weighted by atomic mass is 16.5. The van der Waals surface area contributed by atoms with Crippen LogP contribution in [-0.2, 0) is 14.3 Å². The van der Waals surface area contributed by atoms with Gasteiger partial charge in [0.25, 0.3) is 0 Å². The van der Waals surface area contributed by atoms with Gasteiger partial charge in [0, 0.05) is 13.2 Å². The molecule has 0 saturated carbocycles. The molecule has 0 aromatic heterocycles. The number of carboxylic acids is 1. The van der Waals surface area contributed by atoms with E-state index in [0.717, 1.165) is 5.56 Å². The molecule has 0 fully saturated rings. The fourth-order valence-corrected chi connectivity index (χ4v) is 1.48. The van der Waals surface area contributed by atoms with Crippen LogP contribution in [0.15, 0.2) is 30.3 Å². The second-order valence-corrected chi connectivity index (χ2v) is 3.96. The number of benzene rings is 1. The third-order valence-corrected chi connectivity index (χ3v) is 2.47. The summed E-state index contributed by atoms with van der Waals surface area (Å²) in [5.74, 6) is -0.970. The number of rotatable bonds is 7. The number of ether oxygens (including phenoxy) is 2. The minimum Gasteiger partial charge on any atom is -0.497 e. The normalized spacial score (nSPS) is 12.1. The zero-order valence-electron chi connectivity index (χ0n) is 11.3.